The molecular formula is C12H16N2O7S. The number of carbonyl (C=O) groups is 3. The van der Waals surface area contributed by atoms with Crippen LogP contribution in [0.1, 0.15) is 13.3 Å². The molecule has 2 amide bonds. The largest absolute Gasteiger partial charge is 0.480 e. The summed E-state index contributed by atoms with van der Waals surface area (Å²) in [6, 6.07) is -1.55. The maximum Gasteiger partial charge on any atom is 0.328 e. The molecule has 2 fully saturated rings. The molecular weight excluding hydrogens is 316 g/mol. The van der Waals surface area contributed by atoms with Crippen molar-refractivity contribution in [3.63, 3.8) is 0 Å². The van der Waals surface area contributed by atoms with E-state index in [9.17, 15) is 27.9 Å². The summed E-state index contributed by atoms with van der Waals surface area (Å²) in [6.45, 7) is 1.20. The molecule has 2 aliphatic heterocycles. The van der Waals surface area contributed by atoms with Gasteiger partial charge in [0.15, 0.2) is 15.9 Å². The second-order valence-corrected chi connectivity index (χ2v) is 7.79. The van der Waals surface area contributed by atoms with Crippen molar-refractivity contribution in [3.8, 4) is 0 Å². The van der Waals surface area contributed by atoms with E-state index in [0.29, 0.717) is 0 Å². The highest BCUT2D eigenvalue weighted by Gasteiger charge is 2.69. The van der Waals surface area contributed by atoms with E-state index in [0.717, 1.165) is 22.1 Å². The lowest BCUT2D eigenvalue weighted by molar-refractivity contribution is -0.162. The third kappa shape index (κ3) is 2.02. The third-order valence-corrected chi connectivity index (χ3v) is 6.81. The predicted molar refractivity (Wildman–Crippen MR) is 72.9 cm³/mol. The fourth-order valence-corrected chi connectivity index (χ4v) is 4.95. The molecule has 0 radical (unpaired) electrons. The molecule has 1 N–H and O–H groups in total. The number of carboxylic acids is 1. The SMILES string of the molecule is CON(C)C(=O)/C=C/[C@@]1(C)[C@H](C(=O)O)N2C(=O)C[C@H]2S1(=O)=O. The molecule has 2 aliphatic rings. The van der Waals surface area contributed by atoms with Crippen LogP contribution in [0.4, 0.5) is 0 Å². The van der Waals surface area contributed by atoms with Gasteiger partial charge in [0.25, 0.3) is 5.91 Å². The van der Waals surface area contributed by atoms with Gasteiger partial charge >= 0.3 is 5.97 Å². The Balaban J connectivity index is 2.45. The van der Waals surface area contributed by atoms with Crippen LogP contribution in [0.25, 0.3) is 0 Å². The molecule has 3 atom stereocenters. The van der Waals surface area contributed by atoms with Crippen LogP contribution in [0.5, 0.6) is 0 Å². The lowest BCUT2D eigenvalue weighted by Gasteiger charge is -2.35. The molecule has 0 spiro atoms. The number of sulfone groups is 1. The summed E-state index contributed by atoms with van der Waals surface area (Å²) < 4.78 is 23.2. The van der Waals surface area contributed by atoms with Crippen LogP contribution in [0.3, 0.4) is 0 Å². The molecule has 122 valence electrons. The summed E-state index contributed by atoms with van der Waals surface area (Å²) in [6.07, 6.45) is 1.72. The molecule has 2 heterocycles. The van der Waals surface area contributed by atoms with Crippen LogP contribution in [0, 0.1) is 0 Å². The van der Waals surface area contributed by atoms with Crippen molar-refractivity contribution >= 4 is 27.6 Å². The van der Waals surface area contributed by atoms with Crippen molar-refractivity contribution in [1.82, 2.24) is 9.96 Å². The number of hydrogen-bond donors (Lipinski definition) is 1. The van der Waals surface area contributed by atoms with Crippen LogP contribution in [0.2, 0.25) is 0 Å². The Labute approximate surface area is 127 Å². The third-order valence-electron chi connectivity index (χ3n) is 4.11. The first-order valence-electron chi connectivity index (χ1n) is 6.36. The Kier molecular flexibility index (Phi) is 3.78. The summed E-state index contributed by atoms with van der Waals surface area (Å²) in [5.41, 5.74) is 0. The molecule has 0 saturated carbocycles. The molecule has 0 aromatic carbocycles. The Bertz CT molecular complexity index is 671. The second-order valence-electron chi connectivity index (χ2n) is 5.28. The lowest BCUT2D eigenvalue weighted by Crippen LogP contribution is -2.57. The number of hydrogen-bond acceptors (Lipinski definition) is 6. The number of nitrogens with zero attached hydrogens (tertiary/aromatic N) is 2. The first kappa shape index (κ1) is 16.4. The monoisotopic (exact) mass is 332 g/mol. The van der Waals surface area contributed by atoms with Gasteiger partial charge in [-0.1, -0.05) is 6.08 Å². The van der Waals surface area contributed by atoms with Gasteiger partial charge in [0.05, 0.1) is 13.5 Å². The highest BCUT2D eigenvalue weighted by molar-refractivity contribution is 7.94. The zero-order valence-electron chi connectivity index (χ0n) is 12.2. The molecule has 0 aromatic rings. The summed E-state index contributed by atoms with van der Waals surface area (Å²) >= 11 is 0. The van der Waals surface area contributed by atoms with Gasteiger partial charge in [-0.15, -0.1) is 0 Å². The van der Waals surface area contributed by atoms with Gasteiger partial charge < -0.3 is 10.0 Å². The summed E-state index contributed by atoms with van der Waals surface area (Å²) in [7, 11) is -1.38. The molecule has 0 bridgehead atoms. The smallest absolute Gasteiger partial charge is 0.328 e. The van der Waals surface area contributed by atoms with Gasteiger partial charge in [-0.25, -0.2) is 18.3 Å². The molecule has 0 aliphatic carbocycles. The number of aliphatic carboxylic acids is 1. The van der Waals surface area contributed by atoms with Gasteiger partial charge in [-0.05, 0) is 6.92 Å². The van der Waals surface area contributed by atoms with Crippen molar-refractivity contribution in [2.24, 2.45) is 0 Å². The van der Waals surface area contributed by atoms with Gasteiger partial charge in [-0.3, -0.25) is 14.4 Å². The van der Waals surface area contributed by atoms with Crippen molar-refractivity contribution < 1.29 is 32.7 Å². The van der Waals surface area contributed by atoms with E-state index >= 15 is 0 Å². The summed E-state index contributed by atoms with van der Waals surface area (Å²) in [4.78, 5) is 40.2. The van der Waals surface area contributed by atoms with Gasteiger partial charge in [-0.2, -0.15) is 0 Å². The number of amides is 2. The maximum absolute atomic E-state index is 12.5. The molecule has 10 heteroatoms. The molecule has 2 rings (SSSR count). The Morgan fingerprint density at radius 2 is 2.09 bits per heavy atom. The van der Waals surface area contributed by atoms with E-state index in [2.05, 4.69) is 4.84 Å². The van der Waals surface area contributed by atoms with E-state index in [1.807, 2.05) is 0 Å². The highest BCUT2D eigenvalue weighted by Crippen LogP contribution is 2.46. The fourth-order valence-electron chi connectivity index (χ4n) is 2.68. The number of β-lactam (4-membered cyclic amide) rings is 1. The van der Waals surface area contributed by atoms with Gasteiger partial charge in [0.2, 0.25) is 5.91 Å². The van der Waals surface area contributed by atoms with E-state index in [1.54, 1.807) is 0 Å². The van der Waals surface area contributed by atoms with Crippen molar-refractivity contribution in [1.29, 1.82) is 0 Å². The van der Waals surface area contributed by atoms with Gasteiger partial charge in [0.1, 0.15) is 10.1 Å². The molecule has 9 nitrogen and oxygen atoms in total. The van der Waals surface area contributed by atoms with Crippen LogP contribution >= 0.6 is 0 Å². The number of fused-ring (bicyclic) bond motifs is 1. The van der Waals surface area contributed by atoms with Crippen LogP contribution in [0.15, 0.2) is 12.2 Å². The maximum atomic E-state index is 12.5. The Morgan fingerprint density at radius 1 is 1.50 bits per heavy atom. The zero-order chi connectivity index (χ0) is 16.9. The lowest BCUT2D eigenvalue weighted by atomic mass is 9.96. The molecule has 0 aromatic heterocycles. The molecule has 22 heavy (non-hydrogen) atoms. The van der Waals surface area contributed by atoms with Crippen LogP contribution in [-0.4, -0.2) is 71.6 Å². The standard InChI is InChI=1S/C12H16N2O7S/c1-12(5-4-7(15)13(2)21-3)10(11(17)18)14-8(16)6-9(14)22(12,19)20/h4-5,9-10H,6H2,1-3H3,(H,17,18)/b5-4+/t9-,10+,12+/m1/s1. The number of carboxylic acid groups (broad SMARTS) is 1. The van der Waals surface area contributed by atoms with Crippen LogP contribution in [-0.2, 0) is 29.1 Å². The second kappa shape index (κ2) is 5.06. The summed E-state index contributed by atoms with van der Waals surface area (Å²) in [5.74, 6) is -2.61. The Morgan fingerprint density at radius 3 is 2.55 bits per heavy atom. The van der Waals surface area contributed by atoms with Crippen molar-refractivity contribution in [2.45, 2.75) is 29.5 Å². The number of hydroxylamine groups is 2. The van der Waals surface area contributed by atoms with Crippen LogP contribution < -0.4 is 0 Å². The Hall–Kier alpha value is -1.94. The number of carbonyl (C=O) groups excluding carboxylic acids is 2. The van der Waals surface area contributed by atoms with Crippen molar-refractivity contribution in [2.75, 3.05) is 14.2 Å². The van der Waals surface area contributed by atoms with Crippen molar-refractivity contribution in [3.05, 3.63) is 12.2 Å². The highest BCUT2D eigenvalue weighted by atomic mass is 32.2. The average Bonchev–Trinajstić information content (AvgIpc) is 2.58. The minimum Gasteiger partial charge on any atom is -0.480 e. The molecule has 2 saturated heterocycles. The first-order chi connectivity index (χ1) is 10.1. The van der Waals surface area contributed by atoms with E-state index in [1.165, 1.54) is 21.1 Å². The number of rotatable bonds is 4. The minimum atomic E-state index is -3.96. The zero-order valence-corrected chi connectivity index (χ0v) is 13.0. The normalized spacial score (nSPS) is 32.7. The topological polar surface area (TPSA) is 121 Å². The quantitative estimate of drug-likeness (QED) is 0.388. The summed E-state index contributed by atoms with van der Waals surface area (Å²) in [5, 5.41) is 9.04. The minimum absolute atomic E-state index is 0.235. The fraction of sp³-hybridized carbons (Fsp3) is 0.583. The van der Waals surface area contributed by atoms with E-state index in [4.69, 9.17) is 0 Å². The van der Waals surface area contributed by atoms with Gasteiger partial charge in [0, 0.05) is 13.1 Å². The average molecular weight is 332 g/mol. The first-order valence-corrected chi connectivity index (χ1v) is 7.91. The predicted octanol–water partition coefficient (Wildman–Crippen LogP) is -1.24. The number of likely N-dealkylation sites (N-methyl/N-ethyl adjacent to an activating group) is 1. The molecule has 0 unspecified atom stereocenters. The van der Waals surface area contributed by atoms with E-state index < -0.39 is 43.8 Å². The van der Waals surface area contributed by atoms with E-state index in [-0.39, 0.29) is 6.42 Å².